The SMILES string of the molecule is CCn1ccnc1CN1CCC(n2nccc2NC(=O)CCCc2ccccc2)CC1. The molecule has 0 atom stereocenters. The Bertz CT molecular complexity index is 955. The molecule has 0 saturated carbocycles. The highest BCUT2D eigenvalue weighted by Crippen LogP contribution is 2.26. The van der Waals surface area contributed by atoms with Gasteiger partial charge in [-0.1, -0.05) is 30.3 Å². The summed E-state index contributed by atoms with van der Waals surface area (Å²) in [5.41, 5.74) is 1.27. The Morgan fingerprint density at radius 3 is 2.71 bits per heavy atom. The number of piperidine rings is 1. The standard InChI is InChI=1S/C24H32N6O/c1-2-29-18-15-25-23(29)19-28-16-12-21(13-17-28)30-22(11-14-26-30)27-24(31)10-6-9-20-7-4-3-5-8-20/h3-5,7-8,11,14-15,18,21H,2,6,9-10,12-13,16-17,19H2,1H3,(H,27,31). The fourth-order valence-electron chi connectivity index (χ4n) is 4.31. The van der Waals surface area contributed by atoms with Crippen molar-refractivity contribution in [3.8, 4) is 0 Å². The second-order valence-corrected chi connectivity index (χ2v) is 8.19. The van der Waals surface area contributed by atoms with Crippen LogP contribution in [-0.4, -0.2) is 43.2 Å². The molecule has 31 heavy (non-hydrogen) atoms. The number of amides is 1. The monoisotopic (exact) mass is 420 g/mol. The number of carbonyl (C=O) groups excluding carboxylic acids is 1. The van der Waals surface area contributed by atoms with Gasteiger partial charge in [0, 0.05) is 44.5 Å². The van der Waals surface area contributed by atoms with Crippen LogP contribution in [0.5, 0.6) is 0 Å². The van der Waals surface area contributed by atoms with E-state index < -0.39 is 0 Å². The number of aromatic nitrogens is 4. The molecule has 164 valence electrons. The number of likely N-dealkylation sites (tertiary alicyclic amines) is 1. The molecule has 1 saturated heterocycles. The Kier molecular flexibility index (Phi) is 7.14. The summed E-state index contributed by atoms with van der Waals surface area (Å²) in [5.74, 6) is 2.00. The Balaban J connectivity index is 1.25. The summed E-state index contributed by atoms with van der Waals surface area (Å²) in [4.78, 5) is 19.4. The zero-order valence-electron chi connectivity index (χ0n) is 18.3. The van der Waals surface area contributed by atoms with Gasteiger partial charge in [0.15, 0.2) is 0 Å². The number of rotatable bonds is 9. The first kappa shape index (κ1) is 21.3. The van der Waals surface area contributed by atoms with Gasteiger partial charge in [-0.2, -0.15) is 5.10 Å². The largest absolute Gasteiger partial charge is 0.334 e. The van der Waals surface area contributed by atoms with Crippen molar-refractivity contribution in [3.05, 3.63) is 66.4 Å². The smallest absolute Gasteiger partial charge is 0.225 e. The Labute approximate surface area is 184 Å². The van der Waals surface area contributed by atoms with Crippen LogP contribution in [0.1, 0.15) is 50.0 Å². The van der Waals surface area contributed by atoms with E-state index in [1.165, 1.54) is 5.56 Å². The van der Waals surface area contributed by atoms with Gasteiger partial charge in [0.2, 0.25) is 5.91 Å². The number of carbonyl (C=O) groups is 1. The van der Waals surface area contributed by atoms with Crippen LogP contribution in [0.3, 0.4) is 0 Å². The third-order valence-electron chi connectivity index (χ3n) is 6.06. The van der Waals surface area contributed by atoms with Crippen molar-refractivity contribution in [2.45, 2.75) is 58.2 Å². The van der Waals surface area contributed by atoms with Crippen LogP contribution >= 0.6 is 0 Å². The van der Waals surface area contributed by atoms with Gasteiger partial charge in [0.25, 0.3) is 0 Å². The summed E-state index contributed by atoms with van der Waals surface area (Å²) in [6.45, 7) is 5.99. The van der Waals surface area contributed by atoms with Crippen molar-refractivity contribution in [3.63, 3.8) is 0 Å². The second kappa shape index (κ2) is 10.4. The van der Waals surface area contributed by atoms with E-state index in [1.807, 2.05) is 41.3 Å². The van der Waals surface area contributed by atoms with E-state index in [0.29, 0.717) is 12.5 Å². The van der Waals surface area contributed by atoms with E-state index in [9.17, 15) is 4.79 Å². The first-order valence-corrected chi connectivity index (χ1v) is 11.3. The lowest BCUT2D eigenvalue weighted by Gasteiger charge is -2.32. The summed E-state index contributed by atoms with van der Waals surface area (Å²) in [7, 11) is 0. The molecule has 1 aliphatic rings. The second-order valence-electron chi connectivity index (χ2n) is 8.19. The zero-order valence-corrected chi connectivity index (χ0v) is 18.3. The molecule has 3 aromatic rings. The maximum atomic E-state index is 12.5. The normalized spacial score (nSPS) is 15.3. The molecule has 0 unspecified atom stereocenters. The lowest BCUT2D eigenvalue weighted by atomic mass is 10.1. The van der Waals surface area contributed by atoms with Gasteiger partial charge in [0.05, 0.1) is 18.8 Å². The molecular weight excluding hydrogens is 388 g/mol. The Morgan fingerprint density at radius 2 is 1.94 bits per heavy atom. The number of benzene rings is 1. The Hall–Kier alpha value is -2.93. The van der Waals surface area contributed by atoms with Crippen LogP contribution in [-0.2, 0) is 24.3 Å². The van der Waals surface area contributed by atoms with Gasteiger partial charge in [0.1, 0.15) is 11.6 Å². The highest BCUT2D eigenvalue weighted by atomic mass is 16.1. The first-order chi connectivity index (χ1) is 15.2. The van der Waals surface area contributed by atoms with Crippen molar-refractivity contribution < 1.29 is 4.79 Å². The zero-order chi connectivity index (χ0) is 21.5. The summed E-state index contributed by atoms with van der Waals surface area (Å²) < 4.78 is 4.20. The Morgan fingerprint density at radius 1 is 1.13 bits per heavy atom. The van der Waals surface area contributed by atoms with E-state index >= 15 is 0 Å². The first-order valence-electron chi connectivity index (χ1n) is 11.3. The minimum absolute atomic E-state index is 0.0570. The van der Waals surface area contributed by atoms with Crippen molar-refractivity contribution in [1.82, 2.24) is 24.2 Å². The number of nitrogens with one attached hydrogen (secondary N) is 1. The van der Waals surface area contributed by atoms with Crippen LogP contribution in [0.25, 0.3) is 0 Å². The van der Waals surface area contributed by atoms with Gasteiger partial charge in [-0.05, 0) is 38.2 Å². The van der Waals surface area contributed by atoms with E-state index in [1.54, 1.807) is 6.20 Å². The highest BCUT2D eigenvalue weighted by molar-refractivity contribution is 5.89. The molecule has 4 rings (SSSR count). The lowest BCUT2D eigenvalue weighted by Crippen LogP contribution is -2.35. The third kappa shape index (κ3) is 5.61. The molecule has 7 nitrogen and oxygen atoms in total. The molecule has 0 aliphatic carbocycles. The molecule has 1 aromatic carbocycles. The predicted molar refractivity (Wildman–Crippen MR) is 122 cm³/mol. The molecule has 0 bridgehead atoms. The molecule has 1 aliphatic heterocycles. The van der Waals surface area contributed by atoms with Crippen molar-refractivity contribution in [1.29, 1.82) is 0 Å². The lowest BCUT2D eigenvalue weighted by molar-refractivity contribution is -0.116. The maximum absolute atomic E-state index is 12.5. The van der Waals surface area contributed by atoms with Crippen LogP contribution < -0.4 is 5.32 Å². The molecule has 1 amide bonds. The van der Waals surface area contributed by atoms with Crippen LogP contribution in [0.4, 0.5) is 5.82 Å². The quantitative estimate of drug-likeness (QED) is 0.570. The van der Waals surface area contributed by atoms with E-state index in [-0.39, 0.29) is 5.91 Å². The molecule has 0 radical (unpaired) electrons. The molecule has 7 heteroatoms. The number of imidazole rings is 1. The van der Waals surface area contributed by atoms with Gasteiger partial charge >= 0.3 is 0 Å². The number of nitrogens with zero attached hydrogens (tertiary/aromatic N) is 5. The van der Waals surface area contributed by atoms with Crippen LogP contribution in [0.2, 0.25) is 0 Å². The fraction of sp³-hybridized carbons (Fsp3) is 0.458. The summed E-state index contributed by atoms with van der Waals surface area (Å²) in [6, 6.07) is 12.5. The van der Waals surface area contributed by atoms with Gasteiger partial charge in [-0.25, -0.2) is 9.67 Å². The molecular formula is C24H32N6O. The summed E-state index contributed by atoms with van der Waals surface area (Å²) in [6.07, 6.45) is 10.0. The number of hydrogen-bond donors (Lipinski definition) is 1. The molecule has 0 spiro atoms. The molecule has 3 heterocycles. The molecule has 1 fully saturated rings. The van der Waals surface area contributed by atoms with E-state index in [0.717, 1.165) is 63.5 Å². The highest BCUT2D eigenvalue weighted by Gasteiger charge is 2.24. The number of aryl methyl sites for hydroxylation is 2. The fourth-order valence-corrected chi connectivity index (χ4v) is 4.31. The van der Waals surface area contributed by atoms with Crippen LogP contribution in [0.15, 0.2) is 55.0 Å². The average Bonchev–Trinajstić information content (AvgIpc) is 3.44. The average molecular weight is 421 g/mol. The predicted octanol–water partition coefficient (Wildman–Crippen LogP) is 3.90. The minimum atomic E-state index is 0.0570. The van der Waals surface area contributed by atoms with Gasteiger partial charge in [-0.3, -0.25) is 9.69 Å². The molecule has 1 N–H and O–H groups in total. The minimum Gasteiger partial charge on any atom is -0.334 e. The van der Waals surface area contributed by atoms with Crippen LogP contribution in [0, 0.1) is 0 Å². The van der Waals surface area contributed by atoms with Gasteiger partial charge in [-0.15, -0.1) is 0 Å². The topological polar surface area (TPSA) is 68.0 Å². The van der Waals surface area contributed by atoms with Crippen molar-refractivity contribution in [2.75, 3.05) is 18.4 Å². The van der Waals surface area contributed by atoms with Crippen molar-refractivity contribution in [2.24, 2.45) is 0 Å². The molecule has 2 aromatic heterocycles. The maximum Gasteiger partial charge on any atom is 0.225 e. The third-order valence-corrected chi connectivity index (χ3v) is 6.06. The van der Waals surface area contributed by atoms with Gasteiger partial charge < -0.3 is 9.88 Å². The number of anilines is 1. The number of hydrogen-bond acceptors (Lipinski definition) is 4. The van der Waals surface area contributed by atoms with E-state index in [4.69, 9.17) is 0 Å². The van der Waals surface area contributed by atoms with E-state index in [2.05, 4.69) is 43.9 Å². The summed E-state index contributed by atoms with van der Waals surface area (Å²) >= 11 is 0. The summed E-state index contributed by atoms with van der Waals surface area (Å²) in [5, 5.41) is 7.59. The van der Waals surface area contributed by atoms with Crippen molar-refractivity contribution >= 4 is 11.7 Å².